The second-order valence-corrected chi connectivity index (χ2v) is 5.47. The normalized spacial score (nSPS) is 12.4. The fourth-order valence-corrected chi connectivity index (χ4v) is 2.65. The molecule has 114 valence electrons. The van der Waals surface area contributed by atoms with Gasteiger partial charge in [0.25, 0.3) is 0 Å². The van der Waals surface area contributed by atoms with E-state index < -0.39 is 0 Å². The molecule has 0 bridgehead atoms. The monoisotopic (exact) mass is 307 g/mol. The zero-order chi connectivity index (χ0) is 15.4. The van der Waals surface area contributed by atoms with E-state index >= 15 is 0 Å². The molecule has 0 radical (unpaired) electrons. The van der Waals surface area contributed by atoms with Gasteiger partial charge in [0.1, 0.15) is 5.75 Å². The van der Waals surface area contributed by atoms with Crippen LogP contribution in [0.2, 0.25) is 5.02 Å². The molecule has 2 rings (SSSR count). The molecule has 0 saturated heterocycles. The zero-order valence-electron chi connectivity index (χ0n) is 13.0. The Kier molecular flexibility index (Phi) is 5.26. The van der Waals surface area contributed by atoms with Crippen LogP contribution >= 0.6 is 11.6 Å². The number of benzene rings is 1. The number of aromatic nitrogens is 2. The first-order chi connectivity index (χ1) is 10.1. The minimum absolute atomic E-state index is 0.150. The fraction of sp³-hybridized carbons (Fsp3) is 0.438. The molecular formula is C16H22ClN3O. The van der Waals surface area contributed by atoms with Crippen LogP contribution in [0.15, 0.2) is 24.3 Å². The van der Waals surface area contributed by atoms with Crippen LogP contribution in [0.3, 0.4) is 0 Å². The van der Waals surface area contributed by atoms with Crippen molar-refractivity contribution in [2.45, 2.75) is 25.8 Å². The molecule has 0 amide bonds. The molecule has 4 nitrogen and oxygen atoms in total. The first-order valence-electron chi connectivity index (χ1n) is 7.11. The van der Waals surface area contributed by atoms with Gasteiger partial charge in [-0.05, 0) is 31.7 Å². The summed E-state index contributed by atoms with van der Waals surface area (Å²) >= 11 is 6.04. The SMILES string of the molecule is CCc1cc(CC(NC)c2ccc(Cl)cc2OC)n(C)n1. The van der Waals surface area contributed by atoms with Crippen molar-refractivity contribution in [2.24, 2.45) is 7.05 Å². The molecule has 0 aliphatic carbocycles. The molecule has 2 aromatic rings. The van der Waals surface area contributed by atoms with E-state index in [1.54, 1.807) is 7.11 Å². The molecule has 21 heavy (non-hydrogen) atoms. The first kappa shape index (κ1) is 15.9. The van der Waals surface area contributed by atoms with Crippen LogP contribution in [0, 0.1) is 0 Å². The van der Waals surface area contributed by atoms with E-state index in [1.165, 1.54) is 5.69 Å². The van der Waals surface area contributed by atoms with Crippen LogP contribution in [0.25, 0.3) is 0 Å². The summed E-state index contributed by atoms with van der Waals surface area (Å²) in [6, 6.07) is 8.07. The number of methoxy groups -OCH3 is 1. The van der Waals surface area contributed by atoms with Crippen LogP contribution in [0.1, 0.15) is 29.9 Å². The van der Waals surface area contributed by atoms with Gasteiger partial charge in [0.05, 0.1) is 12.8 Å². The zero-order valence-corrected chi connectivity index (χ0v) is 13.7. The van der Waals surface area contributed by atoms with Gasteiger partial charge in [0, 0.05) is 35.8 Å². The van der Waals surface area contributed by atoms with Crippen molar-refractivity contribution in [1.82, 2.24) is 15.1 Å². The van der Waals surface area contributed by atoms with E-state index in [-0.39, 0.29) is 6.04 Å². The van der Waals surface area contributed by atoms with Crippen molar-refractivity contribution < 1.29 is 4.74 Å². The minimum Gasteiger partial charge on any atom is -0.496 e. The molecule has 1 atom stereocenters. The third-order valence-corrected chi connectivity index (χ3v) is 3.96. The van der Waals surface area contributed by atoms with E-state index in [2.05, 4.69) is 23.4 Å². The maximum absolute atomic E-state index is 6.04. The predicted molar refractivity (Wildman–Crippen MR) is 86.1 cm³/mol. The summed E-state index contributed by atoms with van der Waals surface area (Å²) in [5.41, 5.74) is 3.41. The molecule has 1 heterocycles. The molecule has 0 aliphatic heterocycles. The van der Waals surface area contributed by atoms with Gasteiger partial charge < -0.3 is 10.1 Å². The van der Waals surface area contributed by atoms with Gasteiger partial charge in [-0.25, -0.2) is 0 Å². The Morgan fingerprint density at radius 3 is 2.71 bits per heavy atom. The summed E-state index contributed by atoms with van der Waals surface area (Å²) < 4.78 is 7.41. The molecule has 1 N–H and O–H groups in total. The Hall–Kier alpha value is -1.52. The van der Waals surface area contributed by atoms with Crippen molar-refractivity contribution >= 4 is 11.6 Å². The van der Waals surface area contributed by atoms with Crippen molar-refractivity contribution in [2.75, 3.05) is 14.2 Å². The molecule has 0 spiro atoms. The summed E-state index contributed by atoms with van der Waals surface area (Å²) in [7, 11) is 5.61. The lowest BCUT2D eigenvalue weighted by atomic mass is 10.0. The lowest BCUT2D eigenvalue weighted by molar-refractivity contribution is 0.400. The van der Waals surface area contributed by atoms with Crippen molar-refractivity contribution in [3.8, 4) is 5.75 Å². The Labute approximate surface area is 131 Å². The second-order valence-electron chi connectivity index (χ2n) is 5.04. The van der Waals surface area contributed by atoms with Gasteiger partial charge in [-0.3, -0.25) is 4.68 Å². The quantitative estimate of drug-likeness (QED) is 0.891. The van der Waals surface area contributed by atoms with Crippen molar-refractivity contribution in [3.63, 3.8) is 0 Å². The Morgan fingerprint density at radius 1 is 1.38 bits per heavy atom. The highest BCUT2D eigenvalue weighted by Crippen LogP contribution is 2.30. The number of hydrogen-bond donors (Lipinski definition) is 1. The van der Waals surface area contributed by atoms with E-state index in [9.17, 15) is 0 Å². The van der Waals surface area contributed by atoms with Crippen molar-refractivity contribution in [3.05, 3.63) is 46.2 Å². The van der Waals surface area contributed by atoms with Gasteiger partial charge in [-0.2, -0.15) is 5.10 Å². The Morgan fingerprint density at radius 2 is 2.14 bits per heavy atom. The summed E-state index contributed by atoms with van der Waals surface area (Å²) in [6.45, 7) is 2.11. The van der Waals surface area contributed by atoms with Gasteiger partial charge in [0.2, 0.25) is 0 Å². The van der Waals surface area contributed by atoms with E-state index in [0.717, 1.165) is 29.8 Å². The average molecular weight is 308 g/mol. The molecule has 0 aliphatic rings. The third kappa shape index (κ3) is 3.57. The lowest BCUT2D eigenvalue weighted by Gasteiger charge is -2.19. The van der Waals surface area contributed by atoms with E-state index in [0.29, 0.717) is 5.02 Å². The predicted octanol–water partition coefficient (Wildman–Crippen LogP) is 3.15. The Balaban J connectivity index is 2.29. The molecule has 0 saturated carbocycles. The minimum atomic E-state index is 0.150. The maximum Gasteiger partial charge on any atom is 0.125 e. The Bertz CT molecular complexity index is 610. The number of hydrogen-bond acceptors (Lipinski definition) is 3. The molecular weight excluding hydrogens is 286 g/mol. The molecule has 1 aromatic carbocycles. The second kappa shape index (κ2) is 6.96. The molecule has 5 heteroatoms. The summed E-state index contributed by atoms with van der Waals surface area (Å²) in [5.74, 6) is 0.805. The van der Waals surface area contributed by atoms with Gasteiger partial charge >= 0.3 is 0 Å². The molecule has 0 fully saturated rings. The largest absolute Gasteiger partial charge is 0.496 e. The van der Waals surface area contributed by atoms with Gasteiger partial charge in [-0.1, -0.05) is 24.6 Å². The first-order valence-corrected chi connectivity index (χ1v) is 7.49. The lowest BCUT2D eigenvalue weighted by Crippen LogP contribution is -2.20. The summed E-state index contributed by atoms with van der Waals surface area (Å²) in [6.07, 6.45) is 1.79. The highest BCUT2D eigenvalue weighted by atomic mass is 35.5. The number of nitrogens with zero attached hydrogens (tertiary/aromatic N) is 2. The summed E-state index contributed by atoms with van der Waals surface area (Å²) in [4.78, 5) is 0. The number of nitrogens with one attached hydrogen (secondary N) is 1. The number of rotatable bonds is 6. The maximum atomic E-state index is 6.04. The number of likely N-dealkylation sites (N-methyl/N-ethyl adjacent to an activating group) is 1. The van der Waals surface area contributed by atoms with Gasteiger partial charge in [-0.15, -0.1) is 0 Å². The highest BCUT2D eigenvalue weighted by Gasteiger charge is 2.17. The van der Waals surface area contributed by atoms with Crippen LogP contribution in [0.5, 0.6) is 5.75 Å². The third-order valence-electron chi connectivity index (χ3n) is 3.72. The standard InChI is InChI=1S/C16H22ClN3O/c1-5-12-9-13(20(3)19-12)10-15(18-2)14-7-6-11(17)8-16(14)21-4/h6-9,15,18H,5,10H2,1-4H3. The van der Waals surface area contributed by atoms with Crippen LogP contribution in [-0.2, 0) is 19.9 Å². The topological polar surface area (TPSA) is 39.1 Å². The number of aryl methyl sites for hydroxylation is 2. The number of halogens is 1. The van der Waals surface area contributed by atoms with Crippen LogP contribution < -0.4 is 10.1 Å². The number of ether oxygens (including phenoxy) is 1. The fourth-order valence-electron chi connectivity index (χ4n) is 2.48. The highest BCUT2D eigenvalue weighted by molar-refractivity contribution is 6.30. The molecule has 1 aromatic heterocycles. The average Bonchev–Trinajstić information content (AvgIpc) is 2.85. The van der Waals surface area contributed by atoms with E-state index in [1.807, 2.05) is 37.0 Å². The van der Waals surface area contributed by atoms with Crippen molar-refractivity contribution in [1.29, 1.82) is 0 Å². The summed E-state index contributed by atoms with van der Waals surface area (Å²) in [5, 5.41) is 8.53. The van der Waals surface area contributed by atoms with Crippen LogP contribution in [0.4, 0.5) is 0 Å². The molecule has 1 unspecified atom stereocenters. The van der Waals surface area contributed by atoms with Crippen LogP contribution in [-0.4, -0.2) is 23.9 Å². The smallest absolute Gasteiger partial charge is 0.125 e. The van der Waals surface area contributed by atoms with E-state index in [4.69, 9.17) is 16.3 Å². The van der Waals surface area contributed by atoms with Gasteiger partial charge in [0.15, 0.2) is 0 Å².